The molecule has 0 aliphatic heterocycles. The highest BCUT2D eigenvalue weighted by molar-refractivity contribution is 9.10. The van der Waals surface area contributed by atoms with Crippen LogP contribution >= 0.6 is 27.7 Å². The Labute approximate surface area is 146 Å². The van der Waals surface area contributed by atoms with Crippen molar-refractivity contribution in [2.24, 2.45) is 0 Å². The van der Waals surface area contributed by atoms with Gasteiger partial charge < -0.3 is 10.6 Å². The molecule has 2 aromatic rings. The van der Waals surface area contributed by atoms with E-state index in [0.717, 1.165) is 22.2 Å². The Kier molecular flexibility index (Phi) is 5.79. The number of nitriles is 1. The van der Waals surface area contributed by atoms with Gasteiger partial charge in [0, 0.05) is 15.1 Å². The van der Waals surface area contributed by atoms with Crippen molar-refractivity contribution in [2.75, 3.05) is 10.6 Å². The summed E-state index contributed by atoms with van der Waals surface area (Å²) in [5.74, 6) is -1.52. The quantitative estimate of drug-likeness (QED) is 0.473. The monoisotopic (exact) mass is 389 g/mol. The van der Waals surface area contributed by atoms with Gasteiger partial charge in [-0.25, -0.2) is 0 Å². The van der Waals surface area contributed by atoms with E-state index in [0.29, 0.717) is 15.8 Å². The van der Waals surface area contributed by atoms with Gasteiger partial charge in [0.05, 0.1) is 5.69 Å². The van der Waals surface area contributed by atoms with Crippen LogP contribution in [0.5, 0.6) is 0 Å². The lowest BCUT2D eigenvalue weighted by Gasteiger charge is -2.09. The summed E-state index contributed by atoms with van der Waals surface area (Å²) < 4.78 is 0.705. The molecule has 0 spiro atoms. The highest BCUT2D eigenvalue weighted by Gasteiger charge is 2.15. The van der Waals surface area contributed by atoms with Crippen molar-refractivity contribution in [3.05, 3.63) is 52.5 Å². The van der Waals surface area contributed by atoms with Gasteiger partial charge in [-0.2, -0.15) is 5.26 Å². The predicted octanol–water partition coefficient (Wildman–Crippen LogP) is 3.91. The van der Waals surface area contributed by atoms with Crippen molar-refractivity contribution in [1.82, 2.24) is 0 Å². The van der Waals surface area contributed by atoms with Crippen molar-refractivity contribution in [3.63, 3.8) is 0 Å². The lowest BCUT2D eigenvalue weighted by Crippen LogP contribution is -2.29. The highest BCUT2D eigenvalue weighted by Crippen LogP contribution is 2.23. The zero-order valence-corrected chi connectivity index (χ0v) is 14.5. The predicted molar refractivity (Wildman–Crippen MR) is 94.1 cm³/mol. The number of hydrogen-bond donors (Lipinski definition) is 2. The third-order valence-corrected chi connectivity index (χ3v) is 4.11. The van der Waals surface area contributed by atoms with E-state index in [9.17, 15) is 9.59 Å². The van der Waals surface area contributed by atoms with Crippen LogP contribution < -0.4 is 10.6 Å². The van der Waals surface area contributed by atoms with Crippen molar-refractivity contribution < 1.29 is 9.59 Å². The molecule has 0 aliphatic rings. The summed E-state index contributed by atoms with van der Waals surface area (Å²) >= 11 is 4.36. The van der Waals surface area contributed by atoms with Gasteiger partial charge in [0.1, 0.15) is 5.40 Å². The zero-order chi connectivity index (χ0) is 16.8. The Bertz CT molecular complexity index is 785. The average molecular weight is 390 g/mol. The summed E-state index contributed by atoms with van der Waals surface area (Å²) in [4.78, 5) is 24.6. The Hall–Kier alpha value is -2.30. The molecule has 23 heavy (non-hydrogen) atoms. The molecule has 2 aromatic carbocycles. The van der Waals surface area contributed by atoms with Gasteiger partial charge in [0.2, 0.25) is 0 Å². The number of aryl methyl sites for hydroxylation is 1. The summed E-state index contributed by atoms with van der Waals surface area (Å²) in [6.07, 6.45) is 0. The molecule has 0 heterocycles. The number of carbonyl (C=O) groups excluding carboxylic acids is 2. The van der Waals surface area contributed by atoms with Crippen LogP contribution in [0.1, 0.15) is 5.56 Å². The number of rotatable bonds is 3. The molecule has 0 aromatic heterocycles. The normalized spacial score (nSPS) is 9.78. The van der Waals surface area contributed by atoms with Crippen molar-refractivity contribution in [1.29, 1.82) is 5.26 Å². The fourth-order valence-electron chi connectivity index (χ4n) is 1.75. The maximum Gasteiger partial charge on any atom is 0.314 e. The van der Waals surface area contributed by atoms with E-state index in [4.69, 9.17) is 5.26 Å². The number of halogens is 1. The largest absolute Gasteiger partial charge is 0.318 e. The van der Waals surface area contributed by atoms with E-state index in [1.54, 1.807) is 30.3 Å². The molecule has 0 bridgehead atoms. The molecule has 0 saturated heterocycles. The average Bonchev–Trinajstić information content (AvgIpc) is 2.52. The van der Waals surface area contributed by atoms with Crippen molar-refractivity contribution >= 4 is 50.9 Å². The summed E-state index contributed by atoms with van der Waals surface area (Å²) in [6, 6.07) is 12.1. The SMILES string of the molecule is Cc1ccc(NC(=O)C(=O)Nc2ccc(SC#N)cc2)c(Br)c1. The van der Waals surface area contributed by atoms with E-state index in [1.165, 1.54) is 0 Å². The van der Waals surface area contributed by atoms with Gasteiger partial charge in [-0.3, -0.25) is 9.59 Å². The fourth-order valence-corrected chi connectivity index (χ4v) is 2.72. The minimum absolute atomic E-state index is 0.482. The van der Waals surface area contributed by atoms with Gasteiger partial charge in [0.25, 0.3) is 0 Å². The van der Waals surface area contributed by atoms with Gasteiger partial charge in [-0.1, -0.05) is 6.07 Å². The van der Waals surface area contributed by atoms with E-state index in [1.807, 2.05) is 24.5 Å². The summed E-state index contributed by atoms with van der Waals surface area (Å²) in [7, 11) is 0. The molecule has 0 aliphatic carbocycles. The minimum Gasteiger partial charge on any atom is -0.318 e. The maximum absolute atomic E-state index is 11.9. The first kappa shape index (κ1) is 17.1. The second-order valence-corrected chi connectivity index (χ2v) is 6.32. The Balaban J connectivity index is 1.99. The molecule has 7 heteroatoms. The lowest BCUT2D eigenvalue weighted by atomic mass is 10.2. The third kappa shape index (κ3) is 4.84. The van der Waals surface area contributed by atoms with Gasteiger partial charge >= 0.3 is 11.8 Å². The van der Waals surface area contributed by atoms with Crippen molar-refractivity contribution in [2.45, 2.75) is 11.8 Å². The van der Waals surface area contributed by atoms with Crippen LogP contribution in [0.2, 0.25) is 0 Å². The van der Waals surface area contributed by atoms with Gasteiger partial charge in [-0.05, 0) is 76.6 Å². The second kappa shape index (κ2) is 7.81. The molecular weight excluding hydrogens is 378 g/mol. The number of nitrogens with one attached hydrogen (secondary N) is 2. The third-order valence-electron chi connectivity index (χ3n) is 2.85. The summed E-state index contributed by atoms with van der Waals surface area (Å²) in [5.41, 5.74) is 2.04. The topological polar surface area (TPSA) is 82.0 Å². The number of thioether (sulfide) groups is 1. The first-order valence-corrected chi connectivity index (χ1v) is 8.15. The Morgan fingerprint density at radius 3 is 2.35 bits per heavy atom. The van der Waals surface area contributed by atoms with Crippen LogP contribution in [-0.2, 0) is 9.59 Å². The van der Waals surface area contributed by atoms with Crippen LogP contribution in [0.25, 0.3) is 0 Å². The number of thiocyanates is 1. The number of hydrogen-bond acceptors (Lipinski definition) is 4. The van der Waals surface area contributed by atoms with Crippen LogP contribution in [0.3, 0.4) is 0 Å². The molecule has 0 unspecified atom stereocenters. The first-order chi connectivity index (χ1) is 11.0. The van der Waals surface area contributed by atoms with Gasteiger partial charge in [-0.15, -0.1) is 0 Å². The van der Waals surface area contributed by atoms with Crippen LogP contribution in [0.15, 0.2) is 51.8 Å². The Morgan fingerprint density at radius 1 is 1.09 bits per heavy atom. The number of amides is 2. The standard InChI is InChI=1S/C16H12BrN3O2S/c1-10-2-7-14(13(17)8-10)20-16(22)15(21)19-11-3-5-12(6-4-11)23-9-18/h2-8H,1H3,(H,19,21)(H,20,22). The fraction of sp³-hybridized carbons (Fsp3) is 0.0625. The summed E-state index contributed by atoms with van der Waals surface area (Å²) in [6.45, 7) is 1.93. The smallest absolute Gasteiger partial charge is 0.314 e. The van der Waals surface area contributed by atoms with E-state index in [-0.39, 0.29) is 0 Å². The number of anilines is 2. The van der Waals surface area contributed by atoms with E-state index < -0.39 is 11.8 Å². The van der Waals surface area contributed by atoms with Crippen molar-refractivity contribution in [3.8, 4) is 5.40 Å². The molecule has 0 saturated carbocycles. The number of benzene rings is 2. The number of carbonyl (C=O) groups is 2. The molecule has 2 amide bonds. The molecule has 116 valence electrons. The summed E-state index contributed by atoms with van der Waals surface area (Å²) in [5, 5.41) is 15.6. The Morgan fingerprint density at radius 2 is 1.74 bits per heavy atom. The minimum atomic E-state index is -0.766. The van der Waals surface area contributed by atoms with Crippen LogP contribution in [-0.4, -0.2) is 11.8 Å². The second-order valence-electron chi connectivity index (χ2n) is 4.61. The van der Waals surface area contributed by atoms with Crippen LogP contribution in [0, 0.1) is 17.6 Å². The molecule has 0 radical (unpaired) electrons. The lowest BCUT2D eigenvalue weighted by molar-refractivity contribution is -0.133. The molecule has 0 atom stereocenters. The van der Waals surface area contributed by atoms with E-state index >= 15 is 0 Å². The highest BCUT2D eigenvalue weighted by atomic mass is 79.9. The molecule has 2 N–H and O–H groups in total. The molecule has 0 fully saturated rings. The molecule has 2 rings (SSSR count). The first-order valence-electron chi connectivity index (χ1n) is 6.54. The maximum atomic E-state index is 11.9. The molecular formula is C16H12BrN3O2S. The van der Waals surface area contributed by atoms with Crippen LogP contribution in [0.4, 0.5) is 11.4 Å². The number of nitrogens with zero attached hydrogens (tertiary/aromatic N) is 1. The van der Waals surface area contributed by atoms with E-state index in [2.05, 4.69) is 26.6 Å². The van der Waals surface area contributed by atoms with Gasteiger partial charge in [0.15, 0.2) is 0 Å². The zero-order valence-electron chi connectivity index (χ0n) is 12.1. The molecule has 5 nitrogen and oxygen atoms in total.